The number of ether oxygens (including phenoxy) is 1. The van der Waals surface area contributed by atoms with Crippen molar-refractivity contribution < 1.29 is 9.26 Å². The third kappa shape index (κ3) is 6.47. The highest BCUT2D eigenvalue weighted by Crippen LogP contribution is 2.02. The Hall–Kier alpha value is -0.830. The number of nitrogens with two attached hydrogens (primary N) is 1. The van der Waals surface area contributed by atoms with Crippen LogP contribution in [0.1, 0.15) is 18.4 Å². The maximum Gasteiger partial charge on any atom is 0.189 e. The molecule has 17 heavy (non-hydrogen) atoms. The van der Waals surface area contributed by atoms with Gasteiger partial charge in [0.1, 0.15) is 6.54 Å². The van der Waals surface area contributed by atoms with Crippen LogP contribution in [0.3, 0.4) is 0 Å². The van der Waals surface area contributed by atoms with Gasteiger partial charge in [-0.05, 0) is 13.8 Å². The molecule has 3 N–H and O–H groups in total. The lowest BCUT2D eigenvalue weighted by molar-refractivity contribution is 0.179. The van der Waals surface area contributed by atoms with Crippen molar-refractivity contribution in [2.24, 2.45) is 10.7 Å². The monoisotopic (exact) mass is 354 g/mol. The average Bonchev–Trinajstić information content (AvgIpc) is 2.61. The van der Waals surface area contributed by atoms with E-state index in [4.69, 9.17) is 15.0 Å². The minimum Gasteiger partial charge on any atom is -0.383 e. The molecule has 7 heteroatoms. The van der Waals surface area contributed by atoms with E-state index in [0.29, 0.717) is 24.9 Å². The summed E-state index contributed by atoms with van der Waals surface area (Å²) in [4.78, 5) is 4.12. The molecule has 0 aromatic carbocycles. The van der Waals surface area contributed by atoms with Gasteiger partial charge in [-0.2, -0.15) is 0 Å². The van der Waals surface area contributed by atoms with E-state index in [-0.39, 0.29) is 30.0 Å². The van der Waals surface area contributed by atoms with Crippen LogP contribution >= 0.6 is 24.0 Å². The molecule has 0 saturated heterocycles. The number of hydrogen-bond donors (Lipinski definition) is 2. The molecule has 1 heterocycles. The Bertz CT molecular complexity index is 354. The first-order valence-corrected chi connectivity index (χ1v) is 5.09. The van der Waals surface area contributed by atoms with Crippen LogP contribution in [-0.2, 0) is 11.3 Å². The highest BCUT2D eigenvalue weighted by atomic mass is 127. The van der Waals surface area contributed by atoms with Crippen molar-refractivity contribution in [1.29, 1.82) is 0 Å². The van der Waals surface area contributed by atoms with Gasteiger partial charge in [0.2, 0.25) is 0 Å². The number of methoxy groups -OCH3 is 1. The molecule has 0 amide bonds. The number of nitrogens with zero attached hydrogens (tertiary/aromatic N) is 2. The maximum absolute atomic E-state index is 5.68. The standard InChI is InChI=1S/C10H18N4O2.HI/c1-7-4-9(16-14-7)5-12-10(11)13-8(2)6-15-3;/h4,8H,5-6H2,1-3H3,(H3,11,12,13);1H. The molecule has 0 aliphatic heterocycles. The van der Waals surface area contributed by atoms with Crippen molar-refractivity contribution in [3.05, 3.63) is 17.5 Å². The van der Waals surface area contributed by atoms with Gasteiger partial charge in [-0.25, -0.2) is 4.99 Å². The van der Waals surface area contributed by atoms with E-state index in [1.807, 2.05) is 19.9 Å². The number of hydrogen-bond acceptors (Lipinski definition) is 4. The Morgan fingerprint density at radius 3 is 2.94 bits per heavy atom. The van der Waals surface area contributed by atoms with Gasteiger partial charge in [-0.3, -0.25) is 0 Å². The molecular weight excluding hydrogens is 335 g/mol. The zero-order valence-electron chi connectivity index (χ0n) is 10.3. The summed E-state index contributed by atoms with van der Waals surface area (Å²) in [5.74, 6) is 1.07. The number of aryl methyl sites for hydroxylation is 1. The number of aliphatic imine (C=N–C) groups is 1. The van der Waals surface area contributed by atoms with Crippen LogP contribution in [-0.4, -0.2) is 30.9 Å². The van der Waals surface area contributed by atoms with Crippen molar-refractivity contribution in [2.45, 2.75) is 26.4 Å². The Morgan fingerprint density at radius 1 is 1.71 bits per heavy atom. The molecular formula is C10H19IN4O2. The van der Waals surface area contributed by atoms with Crippen LogP contribution in [0.15, 0.2) is 15.6 Å². The van der Waals surface area contributed by atoms with E-state index in [9.17, 15) is 0 Å². The summed E-state index contributed by atoms with van der Waals surface area (Å²) in [7, 11) is 1.64. The lowest BCUT2D eigenvalue weighted by Gasteiger charge is -2.12. The van der Waals surface area contributed by atoms with Gasteiger partial charge in [0, 0.05) is 19.2 Å². The zero-order chi connectivity index (χ0) is 12.0. The highest BCUT2D eigenvalue weighted by molar-refractivity contribution is 14.0. The first kappa shape index (κ1) is 16.2. The molecule has 0 fully saturated rings. The Kier molecular flexibility index (Phi) is 7.88. The van der Waals surface area contributed by atoms with E-state index in [1.165, 1.54) is 0 Å². The maximum atomic E-state index is 5.68. The van der Waals surface area contributed by atoms with Gasteiger partial charge >= 0.3 is 0 Å². The van der Waals surface area contributed by atoms with Crippen LogP contribution in [0.5, 0.6) is 0 Å². The molecule has 1 rings (SSSR count). The first-order valence-electron chi connectivity index (χ1n) is 5.09. The second kappa shape index (κ2) is 8.29. The molecule has 1 aromatic rings. The van der Waals surface area contributed by atoms with Crippen LogP contribution in [0.25, 0.3) is 0 Å². The van der Waals surface area contributed by atoms with Gasteiger partial charge in [0.25, 0.3) is 0 Å². The van der Waals surface area contributed by atoms with Gasteiger partial charge in [-0.1, -0.05) is 5.16 Å². The molecule has 0 aliphatic carbocycles. The van der Waals surface area contributed by atoms with Gasteiger partial charge in [0.05, 0.1) is 12.3 Å². The Labute approximate surface area is 118 Å². The fraction of sp³-hybridized carbons (Fsp3) is 0.600. The van der Waals surface area contributed by atoms with E-state index in [1.54, 1.807) is 7.11 Å². The third-order valence-corrected chi connectivity index (χ3v) is 1.89. The SMILES string of the molecule is COCC(C)NC(N)=NCc1cc(C)no1.I. The Morgan fingerprint density at radius 2 is 2.41 bits per heavy atom. The molecule has 0 radical (unpaired) electrons. The normalized spacial score (nSPS) is 13.0. The molecule has 0 spiro atoms. The predicted molar refractivity (Wildman–Crippen MR) is 76.5 cm³/mol. The number of aromatic nitrogens is 1. The molecule has 6 nitrogen and oxygen atoms in total. The quantitative estimate of drug-likeness (QED) is 0.469. The summed E-state index contributed by atoms with van der Waals surface area (Å²) in [6.45, 7) is 4.79. The zero-order valence-corrected chi connectivity index (χ0v) is 12.6. The lowest BCUT2D eigenvalue weighted by Crippen LogP contribution is -2.40. The molecule has 0 saturated carbocycles. The number of nitrogens with one attached hydrogen (secondary N) is 1. The molecule has 1 unspecified atom stereocenters. The van der Waals surface area contributed by atoms with Gasteiger partial charge < -0.3 is 20.3 Å². The van der Waals surface area contributed by atoms with Gasteiger partial charge in [0.15, 0.2) is 11.7 Å². The predicted octanol–water partition coefficient (Wildman–Crippen LogP) is 1.04. The van der Waals surface area contributed by atoms with E-state index < -0.39 is 0 Å². The summed E-state index contributed by atoms with van der Waals surface area (Å²) >= 11 is 0. The fourth-order valence-electron chi connectivity index (χ4n) is 1.24. The highest BCUT2D eigenvalue weighted by Gasteiger charge is 2.03. The molecule has 1 aromatic heterocycles. The summed E-state index contributed by atoms with van der Waals surface area (Å²) in [5.41, 5.74) is 6.52. The van der Waals surface area contributed by atoms with E-state index in [0.717, 1.165) is 5.69 Å². The van der Waals surface area contributed by atoms with E-state index >= 15 is 0 Å². The van der Waals surface area contributed by atoms with Crippen LogP contribution in [0.2, 0.25) is 0 Å². The minimum atomic E-state index is 0. The number of rotatable bonds is 5. The Balaban J connectivity index is 0.00000256. The second-order valence-corrected chi connectivity index (χ2v) is 3.64. The summed E-state index contributed by atoms with van der Waals surface area (Å²) in [5, 5.41) is 6.76. The minimum absolute atomic E-state index is 0. The van der Waals surface area contributed by atoms with Crippen molar-refractivity contribution in [3.8, 4) is 0 Å². The lowest BCUT2D eigenvalue weighted by atomic mass is 10.4. The number of halogens is 1. The van der Waals surface area contributed by atoms with Crippen LogP contribution in [0.4, 0.5) is 0 Å². The average molecular weight is 354 g/mol. The molecule has 1 atom stereocenters. The summed E-state index contributed by atoms with van der Waals surface area (Å²) in [6.07, 6.45) is 0. The smallest absolute Gasteiger partial charge is 0.189 e. The van der Waals surface area contributed by atoms with E-state index in [2.05, 4.69) is 15.5 Å². The first-order chi connectivity index (χ1) is 7.61. The largest absolute Gasteiger partial charge is 0.383 e. The summed E-state index contributed by atoms with van der Waals surface area (Å²) < 4.78 is 9.97. The summed E-state index contributed by atoms with van der Waals surface area (Å²) in [6, 6.07) is 1.96. The second-order valence-electron chi connectivity index (χ2n) is 3.64. The van der Waals surface area contributed by atoms with Gasteiger partial charge in [-0.15, -0.1) is 24.0 Å². The topological polar surface area (TPSA) is 85.7 Å². The fourth-order valence-corrected chi connectivity index (χ4v) is 1.24. The van der Waals surface area contributed by atoms with Crippen molar-refractivity contribution in [3.63, 3.8) is 0 Å². The van der Waals surface area contributed by atoms with Crippen molar-refractivity contribution in [2.75, 3.05) is 13.7 Å². The molecule has 98 valence electrons. The molecule has 0 aliphatic rings. The van der Waals surface area contributed by atoms with Crippen molar-refractivity contribution in [1.82, 2.24) is 10.5 Å². The van der Waals surface area contributed by atoms with Crippen LogP contribution in [0, 0.1) is 6.92 Å². The third-order valence-electron chi connectivity index (χ3n) is 1.89. The molecule has 0 bridgehead atoms. The van der Waals surface area contributed by atoms with Crippen LogP contribution < -0.4 is 11.1 Å². The number of guanidine groups is 1. The van der Waals surface area contributed by atoms with Crippen molar-refractivity contribution >= 4 is 29.9 Å².